The van der Waals surface area contributed by atoms with Gasteiger partial charge < -0.3 is 14.6 Å². The molecule has 3 atom stereocenters. The van der Waals surface area contributed by atoms with Gasteiger partial charge in [-0.05, 0) is 37.0 Å². The molecular formula is C20H20F3N7O2. The van der Waals surface area contributed by atoms with Crippen LogP contribution in [-0.2, 0) is 18.8 Å². The Morgan fingerprint density at radius 3 is 2.78 bits per heavy atom. The molecule has 1 aromatic carbocycles. The third-order valence-corrected chi connectivity index (χ3v) is 6.15. The zero-order valence-electron chi connectivity index (χ0n) is 17.3. The number of carbonyl (C=O) groups excluding carboxylic acids is 1. The second-order valence-electron chi connectivity index (χ2n) is 8.48. The van der Waals surface area contributed by atoms with Gasteiger partial charge in [-0.25, -0.2) is 9.78 Å². The van der Waals surface area contributed by atoms with Crippen LogP contribution in [0.3, 0.4) is 0 Å². The van der Waals surface area contributed by atoms with Gasteiger partial charge in [0.2, 0.25) is 12.3 Å². The van der Waals surface area contributed by atoms with Crippen LogP contribution in [-0.4, -0.2) is 41.9 Å². The molecule has 3 aromatic rings. The van der Waals surface area contributed by atoms with E-state index in [0.717, 1.165) is 12.5 Å². The fraction of sp³-hybridized carbons (Fsp3) is 0.450. The van der Waals surface area contributed by atoms with Crippen LogP contribution in [0, 0.1) is 5.92 Å². The highest BCUT2D eigenvalue weighted by atomic mass is 19.4. The molecule has 2 unspecified atom stereocenters. The van der Waals surface area contributed by atoms with E-state index in [1.807, 2.05) is 0 Å². The Hall–Kier alpha value is -3.44. The van der Waals surface area contributed by atoms with Crippen molar-refractivity contribution in [2.75, 3.05) is 5.32 Å². The van der Waals surface area contributed by atoms with E-state index in [1.165, 1.54) is 29.5 Å². The van der Waals surface area contributed by atoms with Gasteiger partial charge in [0.25, 0.3) is 0 Å². The third-order valence-electron chi connectivity index (χ3n) is 6.15. The van der Waals surface area contributed by atoms with Crippen molar-refractivity contribution in [3.63, 3.8) is 0 Å². The van der Waals surface area contributed by atoms with Gasteiger partial charge in [0.05, 0.1) is 5.56 Å². The summed E-state index contributed by atoms with van der Waals surface area (Å²) in [5, 5.41) is 14.5. The van der Waals surface area contributed by atoms with E-state index in [4.69, 9.17) is 4.42 Å². The number of hydrogen-bond acceptors (Lipinski definition) is 6. The van der Waals surface area contributed by atoms with E-state index in [0.29, 0.717) is 24.7 Å². The Morgan fingerprint density at radius 1 is 1.31 bits per heavy atom. The van der Waals surface area contributed by atoms with Crippen molar-refractivity contribution in [2.24, 2.45) is 13.0 Å². The normalized spacial score (nSPS) is 24.8. The van der Waals surface area contributed by atoms with Crippen molar-refractivity contribution in [2.45, 2.75) is 43.9 Å². The Balaban J connectivity index is 1.46. The number of carbonyl (C=O) groups is 1. The Labute approximate surface area is 180 Å². The summed E-state index contributed by atoms with van der Waals surface area (Å²) in [6, 6.07) is 2.97. The lowest BCUT2D eigenvalue weighted by Gasteiger charge is -2.61. The number of aromatic nitrogens is 5. The van der Waals surface area contributed by atoms with Crippen molar-refractivity contribution in [3.05, 3.63) is 42.4 Å². The Kier molecular flexibility index (Phi) is 4.50. The first-order valence-electron chi connectivity index (χ1n) is 10.1. The number of anilines is 1. The number of halogens is 3. The molecular weight excluding hydrogens is 427 g/mol. The van der Waals surface area contributed by atoms with E-state index in [1.54, 1.807) is 11.9 Å². The summed E-state index contributed by atoms with van der Waals surface area (Å²) in [4.78, 5) is 18.8. The zero-order chi connectivity index (χ0) is 22.7. The number of urea groups is 1. The number of nitrogens with one attached hydrogen (secondary N) is 1. The number of benzene rings is 1. The molecule has 2 saturated heterocycles. The molecule has 1 aliphatic carbocycles. The van der Waals surface area contributed by atoms with Crippen LogP contribution < -0.4 is 5.32 Å². The highest BCUT2D eigenvalue weighted by molar-refractivity contribution is 5.92. The number of amides is 2. The molecule has 2 aromatic heterocycles. The summed E-state index contributed by atoms with van der Waals surface area (Å²) in [6.45, 7) is 2.11. The summed E-state index contributed by atoms with van der Waals surface area (Å²) < 4.78 is 47.4. The number of hydrogen-bond donors (Lipinski definition) is 1. The molecule has 2 bridgehead atoms. The zero-order valence-corrected chi connectivity index (χ0v) is 17.3. The van der Waals surface area contributed by atoms with Crippen LogP contribution in [0.15, 0.2) is 35.3 Å². The lowest BCUT2D eigenvalue weighted by Crippen LogP contribution is -2.70. The molecule has 1 N–H and O–H groups in total. The van der Waals surface area contributed by atoms with Crippen LogP contribution in [0.4, 0.5) is 23.7 Å². The molecule has 168 valence electrons. The smallest absolute Gasteiger partial charge is 0.417 e. The summed E-state index contributed by atoms with van der Waals surface area (Å²) in [5.74, 6) is 0.673. The highest BCUT2D eigenvalue weighted by Gasteiger charge is 2.62. The predicted molar refractivity (Wildman–Crippen MR) is 105 cm³/mol. The molecule has 0 radical (unpaired) electrons. The molecule has 1 saturated carbocycles. The summed E-state index contributed by atoms with van der Waals surface area (Å²) in [5.41, 5.74) is -1.57. The van der Waals surface area contributed by atoms with Crippen molar-refractivity contribution < 1.29 is 22.4 Å². The van der Waals surface area contributed by atoms with Crippen LogP contribution in [0.2, 0.25) is 0 Å². The van der Waals surface area contributed by atoms with Gasteiger partial charge in [-0.15, -0.1) is 10.2 Å². The average Bonchev–Trinajstić information content (AvgIpc) is 3.38. The SMILES string of the molecule is C[C@@H]1CC2CC(c3nnco3)(C1)N2C(=O)Nc1ccc(C(F)(F)F)c(-c2ncn(C)n2)c1. The number of rotatable bonds is 3. The molecule has 2 amide bonds. The second-order valence-corrected chi connectivity index (χ2v) is 8.48. The first-order chi connectivity index (χ1) is 15.2. The standard InChI is InChI=1S/C20H20F3N7O2/c1-11-5-13-8-19(7-11,17-27-25-10-32-17)30(13)18(31)26-12-3-4-15(20(21,22)23)14(6-12)16-24-9-29(2)28-16/h3-4,6,9-11,13H,5,7-8H2,1-2H3,(H,26,31)/t11-,13?,19?/m1/s1. The summed E-state index contributed by atoms with van der Waals surface area (Å²) in [7, 11) is 1.57. The van der Waals surface area contributed by atoms with Gasteiger partial charge in [0.1, 0.15) is 11.9 Å². The predicted octanol–water partition coefficient (Wildman–Crippen LogP) is 3.82. The van der Waals surface area contributed by atoms with Gasteiger partial charge >= 0.3 is 12.2 Å². The molecule has 3 aliphatic rings. The number of alkyl halides is 3. The maximum Gasteiger partial charge on any atom is 0.417 e. The largest absolute Gasteiger partial charge is 0.425 e. The van der Waals surface area contributed by atoms with Crippen LogP contribution in [0.5, 0.6) is 0 Å². The molecule has 12 heteroatoms. The average molecular weight is 447 g/mol. The minimum atomic E-state index is -4.59. The lowest BCUT2D eigenvalue weighted by atomic mass is 9.64. The molecule has 32 heavy (non-hydrogen) atoms. The number of fused-ring (bicyclic) bond motifs is 2. The minimum Gasteiger partial charge on any atom is -0.425 e. The van der Waals surface area contributed by atoms with Gasteiger partial charge in [0.15, 0.2) is 5.82 Å². The van der Waals surface area contributed by atoms with E-state index in [-0.39, 0.29) is 23.1 Å². The molecule has 9 nitrogen and oxygen atoms in total. The van der Waals surface area contributed by atoms with Crippen molar-refractivity contribution >= 4 is 11.7 Å². The van der Waals surface area contributed by atoms with E-state index in [2.05, 4.69) is 32.5 Å². The molecule has 2 aliphatic heterocycles. The van der Waals surface area contributed by atoms with Gasteiger partial charge in [-0.1, -0.05) is 6.92 Å². The topological polar surface area (TPSA) is 102 Å². The Morgan fingerprint density at radius 2 is 2.12 bits per heavy atom. The summed E-state index contributed by atoms with van der Waals surface area (Å²) >= 11 is 0. The van der Waals surface area contributed by atoms with Crippen molar-refractivity contribution in [1.82, 2.24) is 29.9 Å². The highest BCUT2D eigenvalue weighted by Crippen LogP contribution is 2.55. The quantitative estimate of drug-likeness (QED) is 0.655. The van der Waals surface area contributed by atoms with Gasteiger partial charge in [0, 0.05) is 30.8 Å². The summed E-state index contributed by atoms with van der Waals surface area (Å²) in [6.07, 6.45) is 0.174. The molecule has 6 rings (SSSR count). The van der Waals surface area contributed by atoms with Gasteiger partial charge in [-0.3, -0.25) is 4.68 Å². The van der Waals surface area contributed by atoms with Gasteiger partial charge in [-0.2, -0.15) is 18.3 Å². The molecule has 4 heterocycles. The van der Waals surface area contributed by atoms with Crippen LogP contribution in [0.1, 0.15) is 37.6 Å². The first kappa shape index (κ1) is 20.5. The van der Waals surface area contributed by atoms with E-state index in [9.17, 15) is 18.0 Å². The number of aryl methyl sites for hydroxylation is 1. The van der Waals surface area contributed by atoms with Crippen molar-refractivity contribution in [3.8, 4) is 11.4 Å². The second kappa shape index (κ2) is 7.04. The van der Waals surface area contributed by atoms with E-state index < -0.39 is 23.3 Å². The first-order valence-corrected chi connectivity index (χ1v) is 10.1. The maximum atomic E-state index is 13.5. The third kappa shape index (κ3) is 3.21. The fourth-order valence-corrected chi connectivity index (χ4v) is 5.03. The van der Waals surface area contributed by atoms with Crippen LogP contribution >= 0.6 is 0 Å². The Bertz CT molecular complexity index is 1160. The fourth-order valence-electron chi connectivity index (χ4n) is 5.03. The van der Waals surface area contributed by atoms with Crippen LogP contribution in [0.25, 0.3) is 11.4 Å². The maximum absolute atomic E-state index is 13.5. The molecule has 0 spiro atoms. The van der Waals surface area contributed by atoms with E-state index >= 15 is 0 Å². The molecule has 3 fully saturated rings. The van der Waals surface area contributed by atoms with Crippen molar-refractivity contribution in [1.29, 1.82) is 0 Å². The lowest BCUT2D eigenvalue weighted by molar-refractivity contribution is -0.137. The minimum absolute atomic E-state index is 0.00275. The number of nitrogens with zero attached hydrogens (tertiary/aromatic N) is 6. The monoisotopic (exact) mass is 447 g/mol. The number of piperidine rings is 1.